The van der Waals surface area contributed by atoms with E-state index in [2.05, 4.69) is 4.98 Å². The predicted octanol–water partition coefficient (Wildman–Crippen LogP) is 2.48. The summed E-state index contributed by atoms with van der Waals surface area (Å²) in [6.07, 6.45) is 0.984. The van der Waals surface area contributed by atoms with Gasteiger partial charge < -0.3 is 9.47 Å². The number of methoxy groups -OCH3 is 1. The molecule has 0 aromatic carbocycles. The van der Waals surface area contributed by atoms with Gasteiger partial charge in [-0.2, -0.15) is 0 Å². The van der Waals surface area contributed by atoms with Gasteiger partial charge in [0.2, 0.25) is 0 Å². The number of alkyl halides is 1. The van der Waals surface area contributed by atoms with Crippen LogP contribution in [0, 0.1) is 0 Å². The lowest BCUT2D eigenvalue weighted by molar-refractivity contribution is 0.0106. The molecule has 0 saturated carbocycles. The highest BCUT2D eigenvalue weighted by atomic mass is 35.5. The van der Waals surface area contributed by atoms with E-state index in [0.29, 0.717) is 19.1 Å². The first-order chi connectivity index (χ1) is 7.26. The molecule has 1 aromatic heterocycles. The quantitative estimate of drug-likeness (QED) is 0.696. The molecule has 0 spiro atoms. The highest BCUT2D eigenvalue weighted by molar-refractivity contribution is 7.09. The zero-order chi connectivity index (χ0) is 11.1. The Hall–Kier alpha value is -0.160. The molecular formula is C10H16ClNO2S. The Labute approximate surface area is 99.4 Å². The van der Waals surface area contributed by atoms with Crippen molar-refractivity contribution in [3.8, 4) is 0 Å². The van der Waals surface area contributed by atoms with Crippen LogP contribution >= 0.6 is 22.9 Å². The molecule has 86 valence electrons. The van der Waals surface area contributed by atoms with Crippen molar-refractivity contribution in [2.45, 2.75) is 25.3 Å². The SMILES string of the molecule is COCC(C)OCCc1nc(CCl)cs1. The molecule has 1 heterocycles. The van der Waals surface area contributed by atoms with Crippen LogP contribution < -0.4 is 0 Å². The maximum Gasteiger partial charge on any atom is 0.0951 e. The number of hydrogen-bond acceptors (Lipinski definition) is 4. The number of aromatic nitrogens is 1. The van der Waals surface area contributed by atoms with Crippen LogP contribution in [0.2, 0.25) is 0 Å². The van der Waals surface area contributed by atoms with Gasteiger partial charge in [0.1, 0.15) is 0 Å². The van der Waals surface area contributed by atoms with Gasteiger partial charge in [0.05, 0.1) is 35.9 Å². The summed E-state index contributed by atoms with van der Waals surface area (Å²) in [6, 6.07) is 0. The zero-order valence-electron chi connectivity index (χ0n) is 9.03. The van der Waals surface area contributed by atoms with E-state index in [4.69, 9.17) is 21.1 Å². The van der Waals surface area contributed by atoms with Crippen LogP contribution in [-0.4, -0.2) is 31.4 Å². The van der Waals surface area contributed by atoms with Crippen LogP contribution in [0.1, 0.15) is 17.6 Å². The van der Waals surface area contributed by atoms with Gasteiger partial charge in [0, 0.05) is 18.9 Å². The largest absolute Gasteiger partial charge is 0.382 e. The van der Waals surface area contributed by atoms with E-state index in [1.165, 1.54) is 0 Å². The number of ether oxygens (including phenoxy) is 2. The molecule has 0 aliphatic carbocycles. The summed E-state index contributed by atoms with van der Waals surface area (Å²) in [6.45, 7) is 3.31. The smallest absolute Gasteiger partial charge is 0.0951 e. The summed E-state index contributed by atoms with van der Waals surface area (Å²) in [5, 5.41) is 3.07. The van der Waals surface area contributed by atoms with E-state index in [1.54, 1.807) is 18.4 Å². The fraction of sp³-hybridized carbons (Fsp3) is 0.700. The van der Waals surface area contributed by atoms with Crippen molar-refractivity contribution in [2.24, 2.45) is 0 Å². The van der Waals surface area contributed by atoms with E-state index in [1.807, 2.05) is 12.3 Å². The summed E-state index contributed by atoms with van der Waals surface area (Å²) >= 11 is 7.29. The third-order valence-electron chi connectivity index (χ3n) is 1.86. The molecule has 0 saturated heterocycles. The Kier molecular flexibility index (Phi) is 6.17. The minimum atomic E-state index is 0.141. The minimum absolute atomic E-state index is 0.141. The zero-order valence-corrected chi connectivity index (χ0v) is 10.6. The maximum absolute atomic E-state index is 5.66. The van der Waals surface area contributed by atoms with E-state index in [0.717, 1.165) is 17.1 Å². The number of halogens is 1. The van der Waals surface area contributed by atoms with Crippen molar-refractivity contribution >= 4 is 22.9 Å². The third kappa shape index (κ3) is 4.93. The number of nitrogens with zero attached hydrogens (tertiary/aromatic N) is 1. The minimum Gasteiger partial charge on any atom is -0.382 e. The van der Waals surface area contributed by atoms with Gasteiger partial charge in [0.15, 0.2) is 0 Å². The van der Waals surface area contributed by atoms with Crippen LogP contribution in [0.4, 0.5) is 0 Å². The number of thiazole rings is 1. The van der Waals surface area contributed by atoms with E-state index < -0.39 is 0 Å². The molecule has 0 bridgehead atoms. The molecule has 1 atom stereocenters. The first-order valence-corrected chi connectivity index (χ1v) is 6.27. The fourth-order valence-corrected chi connectivity index (χ4v) is 2.16. The van der Waals surface area contributed by atoms with Crippen LogP contribution in [0.3, 0.4) is 0 Å². The first-order valence-electron chi connectivity index (χ1n) is 4.86. The molecule has 0 N–H and O–H groups in total. The van der Waals surface area contributed by atoms with Crippen LogP contribution in [0.25, 0.3) is 0 Å². The number of rotatable bonds is 7. The third-order valence-corrected chi connectivity index (χ3v) is 3.09. The molecule has 0 radical (unpaired) electrons. The van der Waals surface area contributed by atoms with E-state index in [-0.39, 0.29) is 6.10 Å². The molecule has 0 aliphatic rings. The Morgan fingerprint density at radius 3 is 3.00 bits per heavy atom. The van der Waals surface area contributed by atoms with Crippen molar-refractivity contribution in [1.29, 1.82) is 0 Å². The molecule has 3 nitrogen and oxygen atoms in total. The van der Waals surface area contributed by atoms with Gasteiger partial charge in [-0.1, -0.05) is 0 Å². The molecule has 15 heavy (non-hydrogen) atoms. The molecule has 1 unspecified atom stereocenters. The standard InChI is InChI=1S/C10H16ClNO2S/c1-8(6-13-2)14-4-3-10-12-9(5-11)7-15-10/h7-8H,3-6H2,1-2H3. The van der Waals surface area contributed by atoms with Crippen LogP contribution in [0.15, 0.2) is 5.38 Å². The van der Waals surface area contributed by atoms with Crippen LogP contribution in [0.5, 0.6) is 0 Å². The summed E-state index contributed by atoms with van der Waals surface area (Å²) < 4.78 is 10.5. The molecule has 1 rings (SSSR count). The lowest BCUT2D eigenvalue weighted by atomic mass is 10.4. The normalized spacial score (nSPS) is 13.0. The van der Waals surface area contributed by atoms with E-state index in [9.17, 15) is 0 Å². The lowest BCUT2D eigenvalue weighted by Gasteiger charge is -2.10. The van der Waals surface area contributed by atoms with Gasteiger partial charge in [-0.25, -0.2) is 4.98 Å². The highest BCUT2D eigenvalue weighted by Crippen LogP contribution is 2.12. The van der Waals surface area contributed by atoms with Crippen molar-refractivity contribution in [1.82, 2.24) is 4.98 Å². The topological polar surface area (TPSA) is 31.4 Å². The van der Waals surface area contributed by atoms with Gasteiger partial charge in [-0.3, -0.25) is 0 Å². The second-order valence-corrected chi connectivity index (χ2v) is 4.46. The van der Waals surface area contributed by atoms with Crippen LogP contribution in [-0.2, 0) is 21.8 Å². The summed E-state index contributed by atoms with van der Waals surface area (Å²) in [4.78, 5) is 4.35. The molecule has 0 fully saturated rings. The van der Waals surface area contributed by atoms with Gasteiger partial charge in [-0.05, 0) is 6.92 Å². The summed E-state index contributed by atoms with van der Waals surface area (Å²) in [5.41, 5.74) is 0.946. The summed E-state index contributed by atoms with van der Waals surface area (Å²) in [7, 11) is 1.67. The highest BCUT2D eigenvalue weighted by Gasteiger charge is 2.04. The van der Waals surface area contributed by atoms with Gasteiger partial charge in [-0.15, -0.1) is 22.9 Å². The van der Waals surface area contributed by atoms with Crippen molar-refractivity contribution in [2.75, 3.05) is 20.3 Å². The number of hydrogen-bond donors (Lipinski definition) is 0. The van der Waals surface area contributed by atoms with Gasteiger partial charge in [0.25, 0.3) is 0 Å². The lowest BCUT2D eigenvalue weighted by Crippen LogP contribution is -2.16. The second kappa shape index (κ2) is 7.17. The Bertz CT molecular complexity index is 280. The average Bonchev–Trinajstić information content (AvgIpc) is 2.66. The Balaban J connectivity index is 2.19. The summed E-state index contributed by atoms with van der Waals surface area (Å²) in [5.74, 6) is 0.484. The van der Waals surface area contributed by atoms with Gasteiger partial charge >= 0.3 is 0 Å². The molecule has 1 aromatic rings. The van der Waals surface area contributed by atoms with Crippen molar-refractivity contribution < 1.29 is 9.47 Å². The van der Waals surface area contributed by atoms with Crippen molar-refractivity contribution in [3.63, 3.8) is 0 Å². The predicted molar refractivity (Wildman–Crippen MR) is 62.7 cm³/mol. The Morgan fingerprint density at radius 2 is 2.40 bits per heavy atom. The molecule has 5 heteroatoms. The Morgan fingerprint density at radius 1 is 1.60 bits per heavy atom. The molecule has 0 amide bonds. The maximum atomic E-state index is 5.66. The monoisotopic (exact) mass is 249 g/mol. The van der Waals surface area contributed by atoms with Crippen molar-refractivity contribution in [3.05, 3.63) is 16.1 Å². The van der Waals surface area contributed by atoms with E-state index >= 15 is 0 Å². The first kappa shape index (κ1) is 12.9. The fourth-order valence-electron chi connectivity index (χ4n) is 1.16. The second-order valence-electron chi connectivity index (χ2n) is 3.25. The molecule has 0 aliphatic heterocycles. The average molecular weight is 250 g/mol. The molecular weight excluding hydrogens is 234 g/mol.